The number of nitrogens with one attached hydrogen (secondary N) is 2. The highest BCUT2D eigenvalue weighted by Gasteiger charge is 2.39. The zero-order valence-electron chi connectivity index (χ0n) is 18.6. The van der Waals surface area contributed by atoms with Gasteiger partial charge in [0.2, 0.25) is 5.91 Å². The van der Waals surface area contributed by atoms with Crippen LogP contribution in [0.1, 0.15) is 38.5 Å². The largest absolute Gasteiger partial charge is 0.399 e. The number of alkyl halides is 3. The molecule has 0 heterocycles. The minimum absolute atomic E-state index is 0.0494. The predicted molar refractivity (Wildman–Crippen MR) is 129 cm³/mol. The smallest absolute Gasteiger partial charge is 0.368 e. The highest BCUT2D eigenvalue weighted by molar-refractivity contribution is 9.10. The average molecular weight is 549 g/mol. The molecule has 0 aromatic heterocycles. The van der Waals surface area contributed by atoms with Gasteiger partial charge in [0, 0.05) is 9.50 Å². The Morgan fingerprint density at radius 1 is 1.18 bits per heavy atom. The summed E-state index contributed by atoms with van der Waals surface area (Å²) >= 11 is 9.30. The van der Waals surface area contributed by atoms with Crippen LogP contribution in [0.3, 0.4) is 0 Å². The summed E-state index contributed by atoms with van der Waals surface area (Å²) in [6.45, 7) is 3.14. The van der Waals surface area contributed by atoms with Crippen LogP contribution in [-0.4, -0.2) is 38.6 Å². The minimum atomic E-state index is -4.51. The molecule has 33 heavy (non-hydrogen) atoms. The van der Waals surface area contributed by atoms with Crippen LogP contribution in [0.5, 0.6) is 0 Å². The van der Waals surface area contributed by atoms with Crippen LogP contribution in [0.15, 0.2) is 40.9 Å². The summed E-state index contributed by atoms with van der Waals surface area (Å²) in [6.07, 6.45) is -2.13. The van der Waals surface area contributed by atoms with Crippen molar-refractivity contribution in [1.82, 2.24) is 10.6 Å². The third kappa shape index (κ3) is 8.83. The van der Waals surface area contributed by atoms with E-state index in [1.807, 2.05) is 14.1 Å². The molecule has 5 nitrogen and oxygen atoms in total. The lowest BCUT2D eigenvalue weighted by molar-refractivity contribution is -0.139. The molecular weight excluding hydrogens is 523 g/mol. The number of hydrogen-bond donors (Lipinski definition) is 3. The van der Waals surface area contributed by atoms with Crippen molar-refractivity contribution in [1.29, 1.82) is 0 Å². The molecule has 2 rings (SSSR count). The molecule has 0 aliphatic rings. The molecule has 0 aliphatic heterocycles. The van der Waals surface area contributed by atoms with Gasteiger partial charge < -0.3 is 16.4 Å². The van der Waals surface area contributed by atoms with Gasteiger partial charge in [-0.05, 0) is 84.3 Å². The number of primary amides is 1. The number of rotatable bonds is 6. The summed E-state index contributed by atoms with van der Waals surface area (Å²) in [7, 11) is 3.75. The van der Waals surface area contributed by atoms with Gasteiger partial charge in [-0.2, -0.15) is 13.2 Å². The van der Waals surface area contributed by atoms with Crippen molar-refractivity contribution in [3.8, 4) is 0 Å². The van der Waals surface area contributed by atoms with E-state index in [1.54, 1.807) is 13.8 Å². The fraction of sp³-hybridized carbons (Fsp3) is 0.304. The average Bonchev–Trinajstić information content (AvgIpc) is 2.70. The van der Waals surface area contributed by atoms with Gasteiger partial charge in [-0.3, -0.25) is 9.59 Å². The van der Waals surface area contributed by atoms with E-state index in [1.165, 1.54) is 36.4 Å². The van der Waals surface area contributed by atoms with Crippen LogP contribution in [0, 0.1) is 13.8 Å². The molecule has 4 N–H and O–H groups in total. The third-order valence-corrected chi connectivity index (χ3v) is 5.53. The molecule has 2 aromatic rings. The second-order valence-corrected chi connectivity index (χ2v) is 8.47. The number of allylic oxidation sites excluding steroid dienone is 1. The standard InChI is InChI=1S/C21H19BrClF3N2O2.C2H7N/c1-11-7-14(9-18(23)12(11)2)16(21(24,25)26)6-4-13-3-5-15(17(22)8-13)20(30)28-10-19(27)29;1-3-2/h3-9,16H,10H2,1-2H3,(H2,27,29)(H,28,30);3H,1-2H3/b6-4+;. The molecule has 0 saturated heterocycles. The Bertz CT molecular complexity index is 1000. The fourth-order valence-corrected chi connectivity index (χ4v) is 3.57. The Balaban J connectivity index is 0.00000172. The van der Waals surface area contributed by atoms with Gasteiger partial charge in [-0.1, -0.05) is 35.9 Å². The summed E-state index contributed by atoms with van der Waals surface area (Å²) in [5, 5.41) is 5.37. The minimum Gasteiger partial charge on any atom is -0.368 e. The summed E-state index contributed by atoms with van der Waals surface area (Å²) in [6, 6.07) is 7.26. The highest BCUT2D eigenvalue weighted by Crippen LogP contribution is 2.38. The summed E-state index contributed by atoms with van der Waals surface area (Å²) in [4.78, 5) is 22.8. The third-order valence-electron chi connectivity index (χ3n) is 4.48. The Hall–Kier alpha value is -2.36. The van der Waals surface area contributed by atoms with Gasteiger partial charge in [-0.15, -0.1) is 0 Å². The van der Waals surface area contributed by atoms with Crippen LogP contribution >= 0.6 is 27.5 Å². The SMILES string of the molecule is CNC.Cc1cc(C(/C=C/c2ccc(C(=O)NCC(N)=O)c(Br)c2)C(F)(F)F)cc(Cl)c1C. The number of nitrogens with two attached hydrogens (primary N) is 1. The lowest BCUT2D eigenvalue weighted by Crippen LogP contribution is -2.33. The Kier molecular flexibility index (Phi) is 11.1. The Morgan fingerprint density at radius 3 is 2.27 bits per heavy atom. The van der Waals surface area contributed by atoms with Gasteiger partial charge in [0.05, 0.1) is 18.0 Å². The molecule has 2 aromatic carbocycles. The van der Waals surface area contributed by atoms with Crippen LogP contribution in [-0.2, 0) is 4.79 Å². The van der Waals surface area contributed by atoms with E-state index in [-0.39, 0.29) is 22.7 Å². The van der Waals surface area contributed by atoms with E-state index < -0.39 is 23.9 Å². The number of carbonyl (C=O) groups is 2. The summed E-state index contributed by atoms with van der Waals surface area (Å²) in [5.41, 5.74) is 7.12. The van der Waals surface area contributed by atoms with Gasteiger partial charge >= 0.3 is 6.18 Å². The van der Waals surface area contributed by atoms with Crippen molar-refractivity contribution in [3.63, 3.8) is 0 Å². The van der Waals surface area contributed by atoms with Crippen LogP contribution in [0.25, 0.3) is 6.08 Å². The van der Waals surface area contributed by atoms with E-state index >= 15 is 0 Å². The lowest BCUT2D eigenvalue weighted by atomic mass is 9.94. The molecular formula is C23H26BrClF3N3O2. The topological polar surface area (TPSA) is 84.2 Å². The van der Waals surface area contributed by atoms with Crippen LogP contribution in [0.4, 0.5) is 13.2 Å². The second kappa shape index (κ2) is 12.8. The van der Waals surface area contributed by atoms with E-state index in [4.69, 9.17) is 17.3 Å². The highest BCUT2D eigenvalue weighted by atomic mass is 79.9. The molecule has 0 radical (unpaired) electrons. The van der Waals surface area contributed by atoms with Crippen molar-refractivity contribution in [2.24, 2.45) is 5.73 Å². The molecule has 0 saturated carbocycles. The maximum atomic E-state index is 13.7. The number of carbonyl (C=O) groups excluding carboxylic acids is 2. The Labute approximate surface area is 204 Å². The molecule has 10 heteroatoms. The normalized spacial score (nSPS) is 12.2. The van der Waals surface area contributed by atoms with Gasteiger partial charge in [-0.25, -0.2) is 0 Å². The van der Waals surface area contributed by atoms with Crippen LogP contribution < -0.4 is 16.4 Å². The van der Waals surface area contributed by atoms with Crippen molar-refractivity contribution < 1.29 is 22.8 Å². The van der Waals surface area contributed by atoms with Crippen molar-refractivity contribution >= 4 is 45.4 Å². The van der Waals surface area contributed by atoms with Gasteiger partial charge in [0.15, 0.2) is 0 Å². The molecule has 2 amide bonds. The predicted octanol–water partition coefficient (Wildman–Crippen LogP) is 5.13. The summed E-state index contributed by atoms with van der Waals surface area (Å²) < 4.78 is 41.4. The molecule has 1 unspecified atom stereocenters. The fourth-order valence-electron chi connectivity index (χ4n) is 2.72. The monoisotopic (exact) mass is 547 g/mol. The lowest BCUT2D eigenvalue weighted by Gasteiger charge is -2.19. The molecule has 0 spiro atoms. The number of aryl methyl sites for hydroxylation is 1. The van der Waals surface area contributed by atoms with Crippen molar-refractivity contribution in [3.05, 3.63) is 73.7 Å². The quantitative estimate of drug-likeness (QED) is 0.468. The first-order valence-electron chi connectivity index (χ1n) is 9.77. The Morgan fingerprint density at radius 2 is 1.79 bits per heavy atom. The first-order valence-corrected chi connectivity index (χ1v) is 10.9. The molecule has 0 aliphatic carbocycles. The van der Waals surface area contributed by atoms with E-state index in [9.17, 15) is 22.8 Å². The van der Waals surface area contributed by atoms with Gasteiger partial charge in [0.1, 0.15) is 0 Å². The maximum Gasteiger partial charge on any atom is 0.399 e. The van der Waals surface area contributed by atoms with Crippen molar-refractivity contribution in [2.75, 3.05) is 20.6 Å². The summed E-state index contributed by atoms with van der Waals surface area (Å²) in [5.74, 6) is -3.07. The number of hydrogen-bond acceptors (Lipinski definition) is 3. The number of benzene rings is 2. The maximum absolute atomic E-state index is 13.7. The first-order chi connectivity index (χ1) is 15.3. The number of halogens is 5. The molecule has 180 valence electrons. The number of amides is 2. The van der Waals surface area contributed by atoms with Crippen LogP contribution in [0.2, 0.25) is 5.02 Å². The second-order valence-electron chi connectivity index (χ2n) is 7.21. The van der Waals surface area contributed by atoms with E-state index in [2.05, 4.69) is 26.6 Å². The molecule has 0 bridgehead atoms. The van der Waals surface area contributed by atoms with E-state index in [0.29, 0.717) is 15.6 Å². The van der Waals surface area contributed by atoms with E-state index in [0.717, 1.165) is 11.6 Å². The zero-order chi connectivity index (χ0) is 25.3. The molecule has 1 atom stereocenters. The van der Waals surface area contributed by atoms with Crippen molar-refractivity contribution in [2.45, 2.75) is 25.9 Å². The first kappa shape index (κ1) is 28.7. The molecule has 0 fully saturated rings. The zero-order valence-corrected chi connectivity index (χ0v) is 21.0. The van der Waals surface area contributed by atoms with Gasteiger partial charge in [0.25, 0.3) is 5.91 Å².